The minimum Gasteiger partial charge on any atom is -0.448 e. The predicted octanol–water partition coefficient (Wildman–Crippen LogP) is 1.32. The largest absolute Gasteiger partial charge is 0.448 e. The second kappa shape index (κ2) is 7.62. The fourth-order valence-electron chi connectivity index (χ4n) is 0.835. The molecule has 0 fully saturated rings. The minimum atomic E-state index is -0.312. The Bertz CT molecular complexity index is 142. The zero-order valence-corrected chi connectivity index (χ0v) is 9.67. The summed E-state index contributed by atoms with van der Waals surface area (Å²) in [5.41, 5.74) is 0. The zero-order valence-electron chi connectivity index (χ0n) is 9.67. The first-order chi connectivity index (χ1) is 6.52. The van der Waals surface area contributed by atoms with Gasteiger partial charge in [0.05, 0.1) is 0 Å². The first-order valence-electron chi connectivity index (χ1n) is 5.07. The van der Waals surface area contributed by atoms with Gasteiger partial charge in [-0.15, -0.1) is 0 Å². The van der Waals surface area contributed by atoms with Gasteiger partial charge in [0.25, 0.3) is 0 Å². The third-order valence-electron chi connectivity index (χ3n) is 1.76. The van der Waals surface area contributed by atoms with Gasteiger partial charge in [-0.25, -0.2) is 4.79 Å². The Hall–Kier alpha value is -0.770. The van der Waals surface area contributed by atoms with Crippen LogP contribution in [0.4, 0.5) is 4.79 Å². The van der Waals surface area contributed by atoms with Crippen molar-refractivity contribution in [2.45, 2.75) is 20.3 Å². The Kier molecular flexibility index (Phi) is 7.20. The van der Waals surface area contributed by atoms with Crippen LogP contribution in [0.2, 0.25) is 0 Å². The Balaban J connectivity index is 3.28. The molecule has 4 nitrogen and oxygen atoms in total. The Morgan fingerprint density at radius 1 is 1.43 bits per heavy atom. The van der Waals surface area contributed by atoms with Gasteiger partial charge in [-0.05, 0) is 26.4 Å². The number of hydrogen-bond donors (Lipinski definition) is 1. The normalized spacial score (nSPS) is 10.7. The van der Waals surface area contributed by atoms with Crippen molar-refractivity contribution in [3.05, 3.63) is 0 Å². The lowest BCUT2D eigenvalue weighted by Gasteiger charge is -2.11. The second-order valence-corrected chi connectivity index (χ2v) is 4.05. The molecule has 0 unspecified atom stereocenters. The average Bonchev–Trinajstić information content (AvgIpc) is 2.02. The molecule has 0 radical (unpaired) electrons. The molecular formula is C10H22N2O2. The van der Waals surface area contributed by atoms with Crippen LogP contribution in [0.25, 0.3) is 0 Å². The molecule has 1 amide bonds. The van der Waals surface area contributed by atoms with E-state index in [-0.39, 0.29) is 6.09 Å². The van der Waals surface area contributed by atoms with Crippen LogP contribution >= 0.6 is 0 Å². The maximum Gasteiger partial charge on any atom is 0.407 e. The Morgan fingerprint density at radius 2 is 2.07 bits per heavy atom. The van der Waals surface area contributed by atoms with E-state index in [1.54, 1.807) is 0 Å². The number of ether oxygens (including phenoxy) is 1. The highest BCUT2D eigenvalue weighted by Gasteiger charge is 2.01. The van der Waals surface area contributed by atoms with E-state index >= 15 is 0 Å². The molecule has 0 aliphatic heterocycles. The van der Waals surface area contributed by atoms with Crippen molar-refractivity contribution in [2.75, 3.05) is 33.8 Å². The van der Waals surface area contributed by atoms with Crippen LogP contribution in [-0.2, 0) is 4.74 Å². The first kappa shape index (κ1) is 13.2. The molecule has 1 N–H and O–H groups in total. The van der Waals surface area contributed by atoms with Crippen molar-refractivity contribution in [1.29, 1.82) is 0 Å². The van der Waals surface area contributed by atoms with Gasteiger partial charge in [0.1, 0.15) is 6.61 Å². The summed E-state index contributed by atoms with van der Waals surface area (Å²) in [4.78, 5) is 13.0. The van der Waals surface area contributed by atoms with Crippen molar-refractivity contribution in [3.63, 3.8) is 0 Å². The van der Waals surface area contributed by atoms with E-state index < -0.39 is 0 Å². The lowest BCUT2D eigenvalue weighted by Crippen LogP contribution is -2.29. The van der Waals surface area contributed by atoms with E-state index in [9.17, 15) is 4.79 Å². The van der Waals surface area contributed by atoms with E-state index in [0.29, 0.717) is 19.1 Å². The standard InChI is InChI=1S/C10H22N2O2/c1-9(2)5-6-11-10(13)14-8-7-12(3)4/h9H,5-8H2,1-4H3,(H,11,13). The molecule has 0 spiro atoms. The molecule has 84 valence electrons. The smallest absolute Gasteiger partial charge is 0.407 e. The fraction of sp³-hybridized carbons (Fsp3) is 0.900. The third kappa shape index (κ3) is 9.32. The van der Waals surface area contributed by atoms with Crippen LogP contribution < -0.4 is 5.32 Å². The first-order valence-corrected chi connectivity index (χ1v) is 5.07. The van der Waals surface area contributed by atoms with E-state index in [0.717, 1.165) is 13.0 Å². The summed E-state index contributed by atoms with van der Waals surface area (Å²) in [6.45, 7) is 6.15. The molecule has 4 heteroatoms. The number of nitrogens with zero attached hydrogens (tertiary/aromatic N) is 1. The molecule has 0 aromatic rings. The molecule has 14 heavy (non-hydrogen) atoms. The van der Waals surface area contributed by atoms with Gasteiger partial charge in [-0.3, -0.25) is 0 Å². The third-order valence-corrected chi connectivity index (χ3v) is 1.76. The van der Waals surface area contributed by atoms with Gasteiger partial charge in [-0.2, -0.15) is 0 Å². The molecule has 0 aromatic carbocycles. The summed E-state index contributed by atoms with van der Waals surface area (Å²) < 4.78 is 4.94. The van der Waals surface area contributed by atoms with Crippen molar-refractivity contribution in [1.82, 2.24) is 10.2 Å². The highest BCUT2D eigenvalue weighted by molar-refractivity contribution is 5.66. The van der Waals surface area contributed by atoms with E-state index in [4.69, 9.17) is 4.74 Å². The number of alkyl carbamates (subject to hydrolysis) is 1. The fourth-order valence-corrected chi connectivity index (χ4v) is 0.835. The van der Waals surface area contributed by atoms with E-state index in [2.05, 4.69) is 19.2 Å². The highest BCUT2D eigenvalue weighted by atomic mass is 16.5. The summed E-state index contributed by atoms with van der Waals surface area (Å²) >= 11 is 0. The molecule has 0 atom stereocenters. The monoisotopic (exact) mass is 202 g/mol. The Morgan fingerprint density at radius 3 is 2.57 bits per heavy atom. The number of carbonyl (C=O) groups is 1. The maximum absolute atomic E-state index is 11.1. The summed E-state index contributed by atoms with van der Waals surface area (Å²) in [6.07, 6.45) is 0.676. The Labute approximate surface area is 86.6 Å². The molecule has 0 saturated carbocycles. The quantitative estimate of drug-likeness (QED) is 0.706. The average molecular weight is 202 g/mol. The van der Waals surface area contributed by atoms with E-state index in [1.807, 2.05) is 19.0 Å². The van der Waals surface area contributed by atoms with Crippen molar-refractivity contribution in [2.24, 2.45) is 5.92 Å². The number of amides is 1. The van der Waals surface area contributed by atoms with Gasteiger partial charge >= 0.3 is 6.09 Å². The molecule has 0 aliphatic carbocycles. The van der Waals surface area contributed by atoms with Crippen molar-refractivity contribution < 1.29 is 9.53 Å². The number of likely N-dealkylation sites (N-methyl/N-ethyl adjacent to an activating group) is 1. The lowest BCUT2D eigenvalue weighted by atomic mass is 10.1. The SMILES string of the molecule is CC(C)CCNC(=O)OCCN(C)C. The van der Waals surface area contributed by atoms with Crippen molar-refractivity contribution in [3.8, 4) is 0 Å². The molecule has 0 rings (SSSR count). The van der Waals surface area contributed by atoms with Gasteiger partial charge in [0.15, 0.2) is 0 Å². The van der Waals surface area contributed by atoms with Crippen LogP contribution in [0.3, 0.4) is 0 Å². The zero-order chi connectivity index (χ0) is 11.0. The van der Waals surface area contributed by atoms with E-state index in [1.165, 1.54) is 0 Å². The molecule has 0 aromatic heterocycles. The van der Waals surface area contributed by atoms with Gasteiger partial charge in [0.2, 0.25) is 0 Å². The van der Waals surface area contributed by atoms with Crippen LogP contribution in [0.15, 0.2) is 0 Å². The molecule has 0 bridgehead atoms. The van der Waals surface area contributed by atoms with Gasteiger partial charge < -0.3 is 15.0 Å². The van der Waals surface area contributed by atoms with Crippen molar-refractivity contribution >= 4 is 6.09 Å². The van der Waals surface area contributed by atoms with Crippen LogP contribution in [-0.4, -0.2) is 44.8 Å². The predicted molar refractivity (Wildman–Crippen MR) is 57.4 cm³/mol. The number of nitrogens with one attached hydrogen (secondary N) is 1. The lowest BCUT2D eigenvalue weighted by molar-refractivity contribution is 0.136. The highest BCUT2D eigenvalue weighted by Crippen LogP contribution is 1.96. The van der Waals surface area contributed by atoms with Crippen LogP contribution in [0.5, 0.6) is 0 Å². The summed E-state index contributed by atoms with van der Waals surface area (Å²) in [6, 6.07) is 0. The molecule has 0 heterocycles. The molecular weight excluding hydrogens is 180 g/mol. The number of carbonyl (C=O) groups excluding carboxylic acids is 1. The minimum absolute atomic E-state index is 0.312. The topological polar surface area (TPSA) is 41.6 Å². The molecule has 0 aliphatic rings. The number of rotatable bonds is 6. The van der Waals surface area contributed by atoms with Gasteiger partial charge in [0, 0.05) is 13.1 Å². The molecule has 0 saturated heterocycles. The number of hydrogen-bond acceptors (Lipinski definition) is 3. The summed E-state index contributed by atoms with van der Waals surface area (Å²) in [5, 5.41) is 2.71. The maximum atomic E-state index is 11.1. The van der Waals surface area contributed by atoms with Crippen LogP contribution in [0.1, 0.15) is 20.3 Å². The van der Waals surface area contributed by atoms with Gasteiger partial charge in [-0.1, -0.05) is 13.8 Å². The van der Waals surface area contributed by atoms with Crippen LogP contribution in [0, 0.1) is 5.92 Å². The summed E-state index contributed by atoms with van der Waals surface area (Å²) in [5.74, 6) is 0.608. The second-order valence-electron chi connectivity index (χ2n) is 4.05. The summed E-state index contributed by atoms with van der Waals surface area (Å²) in [7, 11) is 3.89.